The monoisotopic (exact) mass is 277 g/mol. The highest BCUT2D eigenvalue weighted by Gasteiger charge is 2.34. The normalized spacial score (nSPS) is 15.9. The highest BCUT2D eigenvalue weighted by Crippen LogP contribution is 2.32. The summed E-state index contributed by atoms with van der Waals surface area (Å²) in [6, 6.07) is 6.81. The summed E-state index contributed by atoms with van der Waals surface area (Å²) >= 11 is 0. The van der Waals surface area contributed by atoms with Crippen molar-refractivity contribution in [2.75, 3.05) is 17.7 Å². The zero-order valence-electron chi connectivity index (χ0n) is 11.4. The fourth-order valence-electron chi connectivity index (χ4n) is 2.14. The topological polar surface area (TPSA) is 93.5 Å². The minimum atomic E-state index is -0.531. The van der Waals surface area contributed by atoms with Crippen LogP contribution in [0.3, 0.4) is 0 Å². The number of rotatable bonds is 4. The van der Waals surface area contributed by atoms with E-state index in [1.54, 1.807) is 24.3 Å². The molecule has 0 unspecified atom stereocenters. The van der Waals surface area contributed by atoms with Gasteiger partial charge >= 0.3 is 6.09 Å². The first-order valence-electron chi connectivity index (χ1n) is 6.54. The molecule has 2 rings (SSSR count). The van der Waals surface area contributed by atoms with Crippen LogP contribution in [0.1, 0.15) is 25.7 Å². The van der Waals surface area contributed by atoms with E-state index in [1.165, 1.54) is 7.11 Å². The number of amides is 2. The van der Waals surface area contributed by atoms with Crippen LogP contribution in [0.25, 0.3) is 0 Å². The third-order valence-electron chi connectivity index (χ3n) is 3.46. The largest absolute Gasteiger partial charge is 0.453 e. The molecular formula is C14H19N3O3. The summed E-state index contributed by atoms with van der Waals surface area (Å²) in [4.78, 5) is 22.9. The Morgan fingerprint density at radius 2 is 1.75 bits per heavy atom. The van der Waals surface area contributed by atoms with E-state index in [-0.39, 0.29) is 11.4 Å². The van der Waals surface area contributed by atoms with E-state index in [0.717, 1.165) is 19.3 Å². The second-order valence-electron chi connectivity index (χ2n) is 5.13. The molecule has 6 nitrogen and oxygen atoms in total. The summed E-state index contributed by atoms with van der Waals surface area (Å²) in [7, 11) is 1.30. The van der Waals surface area contributed by atoms with Gasteiger partial charge in [-0.15, -0.1) is 0 Å². The Labute approximate surface area is 117 Å². The van der Waals surface area contributed by atoms with Crippen LogP contribution in [0.4, 0.5) is 16.2 Å². The average molecular weight is 277 g/mol. The minimum Gasteiger partial charge on any atom is -0.453 e. The molecule has 0 atom stereocenters. The number of carbonyl (C=O) groups excluding carboxylic acids is 2. The summed E-state index contributed by atoms with van der Waals surface area (Å²) in [6.45, 7) is 0. The van der Waals surface area contributed by atoms with Gasteiger partial charge in [0.25, 0.3) is 0 Å². The van der Waals surface area contributed by atoms with E-state index >= 15 is 0 Å². The van der Waals surface area contributed by atoms with Crippen LogP contribution in [0, 0.1) is 0 Å². The predicted octanol–water partition coefficient (Wildman–Crippen LogP) is 2.07. The average Bonchev–Trinajstić information content (AvgIpc) is 2.39. The molecule has 2 amide bonds. The van der Waals surface area contributed by atoms with Crippen LogP contribution in [-0.2, 0) is 9.53 Å². The molecule has 0 heterocycles. The number of nitrogens with two attached hydrogens (primary N) is 1. The number of benzene rings is 1. The fourth-order valence-corrected chi connectivity index (χ4v) is 2.14. The van der Waals surface area contributed by atoms with Gasteiger partial charge in [0.05, 0.1) is 7.11 Å². The summed E-state index contributed by atoms with van der Waals surface area (Å²) < 4.78 is 4.49. The highest BCUT2D eigenvalue weighted by atomic mass is 16.5. The summed E-state index contributed by atoms with van der Waals surface area (Å²) in [5.41, 5.74) is 6.98. The smallest absolute Gasteiger partial charge is 0.411 e. The molecule has 0 radical (unpaired) electrons. The zero-order valence-corrected chi connectivity index (χ0v) is 11.4. The van der Waals surface area contributed by atoms with Crippen LogP contribution < -0.4 is 16.4 Å². The third kappa shape index (κ3) is 3.71. The van der Waals surface area contributed by atoms with Gasteiger partial charge in [-0.1, -0.05) is 0 Å². The van der Waals surface area contributed by atoms with Crippen molar-refractivity contribution < 1.29 is 14.3 Å². The SMILES string of the molecule is COC(=O)Nc1ccc(NC(=O)CC2(N)CCC2)cc1. The van der Waals surface area contributed by atoms with Gasteiger partial charge in [0.15, 0.2) is 0 Å². The number of ether oxygens (including phenoxy) is 1. The zero-order chi connectivity index (χ0) is 14.6. The first-order valence-corrected chi connectivity index (χ1v) is 6.54. The van der Waals surface area contributed by atoms with Crippen molar-refractivity contribution in [1.82, 2.24) is 0 Å². The van der Waals surface area contributed by atoms with Crippen LogP contribution >= 0.6 is 0 Å². The molecule has 1 aromatic rings. The Morgan fingerprint density at radius 1 is 1.20 bits per heavy atom. The molecule has 0 aromatic heterocycles. The van der Waals surface area contributed by atoms with Crippen LogP contribution in [-0.4, -0.2) is 24.6 Å². The van der Waals surface area contributed by atoms with Gasteiger partial charge in [0, 0.05) is 23.3 Å². The molecule has 1 fully saturated rings. The molecule has 6 heteroatoms. The Bertz CT molecular complexity index is 495. The molecule has 1 aliphatic rings. The van der Waals surface area contributed by atoms with Crippen LogP contribution in [0.5, 0.6) is 0 Å². The van der Waals surface area contributed by atoms with E-state index in [4.69, 9.17) is 5.73 Å². The van der Waals surface area contributed by atoms with Crippen LogP contribution in [0.15, 0.2) is 24.3 Å². The van der Waals surface area contributed by atoms with E-state index in [2.05, 4.69) is 15.4 Å². The van der Waals surface area contributed by atoms with E-state index in [1.807, 2.05) is 0 Å². The van der Waals surface area contributed by atoms with Crippen molar-refractivity contribution in [2.24, 2.45) is 5.73 Å². The number of nitrogens with one attached hydrogen (secondary N) is 2. The second kappa shape index (κ2) is 5.92. The molecule has 1 aliphatic carbocycles. The molecule has 0 bridgehead atoms. The van der Waals surface area contributed by atoms with Gasteiger partial charge in [-0.3, -0.25) is 10.1 Å². The van der Waals surface area contributed by atoms with Gasteiger partial charge in [-0.25, -0.2) is 4.79 Å². The number of carbonyl (C=O) groups is 2. The van der Waals surface area contributed by atoms with Crippen molar-refractivity contribution in [3.63, 3.8) is 0 Å². The quantitative estimate of drug-likeness (QED) is 0.785. The second-order valence-corrected chi connectivity index (χ2v) is 5.13. The summed E-state index contributed by atoms with van der Waals surface area (Å²) in [5, 5.41) is 5.33. The Hall–Kier alpha value is -2.08. The minimum absolute atomic E-state index is 0.0825. The molecule has 0 aliphatic heterocycles. The third-order valence-corrected chi connectivity index (χ3v) is 3.46. The van der Waals surface area contributed by atoms with Crippen molar-refractivity contribution >= 4 is 23.4 Å². The summed E-state index contributed by atoms with van der Waals surface area (Å²) in [6.07, 6.45) is 2.72. The van der Waals surface area contributed by atoms with E-state index in [9.17, 15) is 9.59 Å². The molecule has 108 valence electrons. The van der Waals surface area contributed by atoms with Gasteiger partial charge in [0.1, 0.15) is 0 Å². The lowest BCUT2D eigenvalue weighted by Crippen LogP contribution is -2.48. The lowest BCUT2D eigenvalue weighted by atomic mass is 9.75. The molecule has 1 saturated carbocycles. The standard InChI is InChI=1S/C14H19N3O3/c1-20-13(19)17-11-5-3-10(4-6-11)16-12(18)9-14(15)7-2-8-14/h3-6H,2,7-9,15H2,1H3,(H,16,18)(H,17,19). The maximum Gasteiger partial charge on any atom is 0.411 e. The molecular weight excluding hydrogens is 258 g/mol. The summed E-state index contributed by atoms with van der Waals surface area (Å²) in [5.74, 6) is -0.0825. The number of hydrogen-bond acceptors (Lipinski definition) is 4. The Kier molecular flexibility index (Phi) is 4.24. The Morgan fingerprint density at radius 3 is 2.20 bits per heavy atom. The van der Waals surface area contributed by atoms with Gasteiger partial charge in [-0.2, -0.15) is 0 Å². The van der Waals surface area contributed by atoms with Crippen molar-refractivity contribution in [3.05, 3.63) is 24.3 Å². The molecule has 0 saturated heterocycles. The first-order chi connectivity index (χ1) is 9.50. The van der Waals surface area contributed by atoms with Gasteiger partial charge < -0.3 is 15.8 Å². The number of anilines is 2. The van der Waals surface area contributed by atoms with Crippen LogP contribution in [0.2, 0.25) is 0 Å². The molecule has 1 aromatic carbocycles. The molecule has 20 heavy (non-hydrogen) atoms. The Balaban J connectivity index is 1.86. The van der Waals surface area contributed by atoms with Crippen molar-refractivity contribution in [2.45, 2.75) is 31.2 Å². The fraction of sp³-hybridized carbons (Fsp3) is 0.429. The van der Waals surface area contributed by atoms with E-state index in [0.29, 0.717) is 17.8 Å². The number of methoxy groups -OCH3 is 1. The lowest BCUT2D eigenvalue weighted by Gasteiger charge is -2.37. The molecule has 0 spiro atoms. The first kappa shape index (κ1) is 14.3. The van der Waals surface area contributed by atoms with Gasteiger partial charge in [0.2, 0.25) is 5.91 Å². The molecule has 4 N–H and O–H groups in total. The van der Waals surface area contributed by atoms with Gasteiger partial charge in [-0.05, 0) is 43.5 Å². The number of hydrogen-bond donors (Lipinski definition) is 3. The maximum absolute atomic E-state index is 11.8. The maximum atomic E-state index is 11.8. The van der Waals surface area contributed by atoms with E-state index < -0.39 is 6.09 Å². The lowest BCUT2D eigenvalue weighted by molar-refractivity contribution is -0.118. The predicted molar refractivity (Wildman–Crippen MR) is 76.5 cm³/mol. The van der Waals surface area contributed by atoms with Crippen molar-refractivity contribution in [1.29, 1.82) is 0 Å². The highest BCUT2D eigenvalue weighted by molar-refractivity contribution is 5.92. The van der Waals surface area contributed by atoms with Crippen molar-refractivity contribution in [3.8, 4) is 0 Å².